The lowest BCUT2D eigenvalue weighted by Crippen LogP contribution is -2.48. The van der Waals surface area contributed by atoms with Crippen LogP contribution in [-0.2, 0) is 0 Å². The molecule has 2 aromatic carbocycles. The molecule has 3 nitrogen and oxygen atoms in total. The molecule has 4 rings (SSSR count). The number of alkyl halides is 1. The van der Waals surface area contributed by atoms with E-state index in [4.69, 9.17) is 11.6 Å². The Morgan fingerprint density at radius 3 is 2.00 bits per heavy atom. The Balaban J connectivity index is 1.35. The summed E-state index contributed by atoms with van der Waals surface area (Å²) in [6.45, 7) is 9.92. The molecule has 0 N–H and O–H groups in total. The van der Waals surface area contributed by atoms with Crippen molar-refractivity contribution in [3.63, 3.8) is 0 Å². The van der Waals surface area contributed by atoms with Crippen molar-refractivity contribution in [3.05, 3.63) is 48.5 Å². The Labute approximate surface area is 172 Å². The molecule has 1 atom stereocenters. The number of halogens is 1. The molecule has 0 spiro atoms. The van der Waals surface area contributed by atoms with Gasteiger partial charge in [0.2, 0.25) is 0 Å². The second-order valence-corrected chi connectivity index (χ2v) is 9.29. The van der Waals surface area contributed by atoms with E-state index in [1.54, 1.807) is 0 Å². The van der Waals surface area contributed by atoms with Crippen molar-refractivity contribution < 1.29 is 0 Å². The van der Waals surface area contributed by atoms with Crippen LogP contribution in [0.4, 0.5) is 11.4 Å². The van der Waals surface area contributed by atoms with E-state index in [0.717, 1.165) is 45.8 Å². The smallest absolute Gasteiger partial charge is 0.0552 e. The lowest BCUT2D eigenvalue weighted by molar-refractivity contribution is 0.133. The lowest BCUT2D eigenvalue weighted by Gasteiger charge is -2.36. The number of para-hydroxylation sites is 2. The molecule has 5 heteroatoms. The molecule has 1 fully saturated rings. The minimum absolute atomic E-state index is 0.244. The van der Waals surface area contributed by atoms with Crippen molar-refractivity contribution in [1.82, 2.24) is 9.80 Å². The molecule has 2 heterocycles. The van der Waals surface area contributed by atoms with Crippen molar-refractivity contribution in [2.75, 3.05) is 50.7 Å². The fourth-order valence-electron chi connectivity index (χ4n) is 4.03. The molecule has 2 aliphatic rings. The van der Waals surface area contributed by atoms with Gasteiger partial charge in [-0.1, -0.05) is 36.0 Å². The van der Waals surface area contributed by atoms with E-state index in [0.29, 0.717) is 0 Å². The largest absolute Gasteiger partial charge is 0.340 e. The minimum Gasteiger partial charge on any atom is -0.340 e. The third kappa shape index (κ3) is 4.62. The molecule has 2 aromatic rings. The van der Waals surface area contributed by atoms with Crippen LogP contribution in [0.3, 0.4) is 0 Å². The van der Waals surface area contributed by atoms with Gasteiger partial charge in [0.05, 0.1) is 11.4 Å². The molecule has 0 bridgehead atoms. The maximum Gasteiger partial charge on any atom is 0.0552 e. The second-order valence-electron chi connectivity index (χ2n) is 7.47. The van der Waals surface area contributed by atoms with Crippen LogP contribution < -0.4 is 4.90 Å². The maximum atomic E-state index is 6.14. The summed E-state index contributed by atoms with van der Waals surface area (Å²) < 4.78 is 0. The van der Waals surface area contributed by atoms with Gasteiger partial charge in [0.15, 0.2) is 0 Å². The van der Waals surface area contributed by atoms with Gasteiger partial charge in [0.25, 0.3) is 0 Å². The molecule has 0 amide bonds. The summed E-state index contributed by atoms with van der Waals surface area (Å²) in [5.74, 6) is 0. The van der Waals surface area contributed by atoms with Crippen molar-refractivity contribution in [2.24, 2.45) is 0 Å². The summed E-state index contributed by atoms with van der Waals surface area (Å²) in [4.78, 5) is 10.3. The molecule has 27 heavy (non-hydrogen) atoms. The summed E-state index contributed by atoms with van der Waals surface area (Å²) in [6.07, 6.45) is 1.18. The van der Waals surface area contributed by atoms with E-state index >= 15 is 0 Å². The molecule has 2 aliphatic heterocycles. The first kappa shape index (κ1) is 19.1. The molecule has 0 saturated carbocycles. The van der Waals surface area contributed by atoms with Crippen molar-refractivity contribution >= 4 is 34.7 Å². The monoisotopic (exact) mass is 401 g/mol. The van der Waals surface area contributed by atoms with Gasteiger partial charge in [-0.25, -0.2) is 0 Å². The standard InChI is InChI=1S/C22H28ClN3S/c1-18(23)17-25-15-13-24(14-16-25)11-6-12-26-19-7-2-4-9-21(19)27-22-10-5-3-8-20(22)26/h2-5,7-10,18H,6,11-17H2,1H3. The predicted molar refractivity (Wildman–Crippen MR) is 117 cm³/mol. The highest BCUT2D eigenvalue weighted by molar-refractivity contribution is 7.99. The summed E-state index contributed by atoms with van der Waals surface area (Å²) in [6, 6.07) is 17.6. The Bertz CT molecular complexity index is 713. The number of hydrogen-bond donors (Lipinski definition) is 0. The molecular weight excluding hydrogens is 374 g/mol. The normalized spacial score (nSPS) is 18.8. The third-order valence-electron chi connectivity index (χ3n) is 5.36. The van der Waals surface area contributed by atoms with E-state index in [-0.39, 0.29) is 5.38 Å². The van der Waals surface area contributed by atoms with Crippen LogP contribution in [0.25, 0.3) is 0 Å². The SMILES string of the molecule is CC(Cl)CN1CCN(CCCN2c3ccccc3Sc3ccccc32)CC1. The average Bonchev–Trinajstić information content (AvgIpc) is 2.68. The highest BCUT2D eigenvalue weighted by Crippen LogP contribution is 2.47. The number of fused-ring (bicyclic) bond motifs is 2. The second kappa shape index (κ2) is 8.87. The summed E-state index contributed by atoms with van der Waals surface area (Å²) in [5.41, 5.74) is 2.70. The number of rotatable bonds is 6. The van der Waals surface area contributed by atoms with Crippen LogP contribution in [0.2, 0.25) is 0 Å². The zero-order valence-electron chi connectivity index (χ0n) is 16.0. The summed E-state index contributed by atoms with van der Waals surface area (Å²) >= 11 is 8.02. The van der Waals surface area contributed by atoms with Gasteiger partial charge < -0.3 is 9.80 Å². The first-order valence-electron chi connectivity index (χ1n) is 9.93. The Hall–Kier alpha value is -1.20. The fourth-order valence-corrected chi connectivity index (χ4v) is 5.32. The van der Waals surface area contributed by atoms with E-state index < -0.39 is 0 Å². The van der Waals surface area contributed by atoms with Gasteiger partial charge in [-0.3, -0.25) is 4.90 Å². The van der Waals surface area contributed by atoms with Gasteiger partial charge in [0.1, 0.15) is 0 Å². The Morgan fingerprint density at radius 2 is 1.41 bits per heavy atom. The Kier molecular flexibility index (Phi) is 6.28. The third-order valence-corrected chi connectivity index (χ3v) is 6.63. The minimum atomic E-state index is 0.244. The van der Waals surface area contributed by atoms with E-state index in [2.05, 4.69) is 70.2 Å². The van der Waals surface area contributed by atoms with E-state index in [1.165, 1.54) is 27.6 Å². The molecule has 1 unspecified atom stereocenters. The van der Waals surface area contributed by atoms with Crippen LogP contribution in [0.1, 0.15) is 13.3 Å². The van der Waals surface area contributed by atoms with Gasteiger partial charge in [-0.05, 0) is 44.2 Å². The van der Waals surface area contributed by atoms with Gasteiger partial charge in [-0.15, -0.1) is 11.6 Å². The summed E-state index contributed by atoms with van der Waals surface area (Å²) in [5, 5.41) is 0.244. The first-order chi connectivity index (χ1) is 13.2. The van der Waals surface area contributed by atoms with Crippen LogP contribution in [0.5, 0.6) is 0 Å². The molecule has 0 aromatic heterocycles. The average molecular weight is 402 g/mol. The van der Waals surface area contributed by atoms with Gasteiger partial charge in [0, 0.05) is 54.4 Å². The first-order valence-corrected chi connectivity index (χ1v) is 11.2. The number of nitrogens with zero attached hydrogens (tertiary/aromatic N) is 3. The van der Waals surface area contributed by atoms with Crippen LogP contribution in [-0.4, -0.2) is 61.0 Å². The summed E-state index contributed by atoms with van der Waals surface area (Å²) in [7, 11) is 0. The highest BCUT2D eigenvalue weighted by Gasteiger charge is 2.23. The zero-order valence-corrected chi connectivity index (χ0v) is 17.6. The topological polar surface area (TPSA) is 9.72 Å². The molecule has 1 saturated heterocycles. The molecule has 0 aliphatic carbocycles. The van der Waals surface area contributed by atoms with Gasteiger partial charge >= 0.3 is 0 Å². The molecule has 144 valence electrons. The van der Waals surface area contributed by atoms with Crippen molar-refractivity contribution in [3.8, 4) is 0 Å². The number of hydrogen-bond acceptors (Lipinski definition) is 4. The van der Waals surface area contributed by atoms with Crippen LogP contribution in [0, 0.1) is 0 Å². The lowest BCUT2D eigenvalue weighted by atomic mass is 10.2. The van der Waals surface area contributed by atoms with Crippen molar-refractivity contribution in [1.29, 1.82) is 0 Å². The van der Waals surface area contributed by atoms with E-state index in [9.17, 15) is 0 Å². The molecule has 0 radical (unpaired) electrons. The van der Waals surface area contributed by atoms with Gasteiger partial charge in [-0.2, -0.15) is 0 Å². The van der Waals surface area contributed by atoms with Crippen LogP contribution >= 0.6 is 23.4 Å². The Morgan fingerprint density at radius 1 is 0.852 bits per heavy atom. The number of piperazine rings is 1. The fraction of sp³-hybridized carbons (Fsp3) is 0.455. The number of anilines is 2. The predicted octanol–water partition coefficient (Wildman–Crippen LogP) is 4.92. The maximum absolute atomic E-state index is 6.14. The highest BCUT2D eigenvalue weighted by atomic mass is 35.5. The molecular formula is C22H28ClN3S. The van der Waals surface area contributed by atoms with Crippen molar-refractivity contribution in [2.45, 2.75) is 28.5 Å². The van der Waals surface area contributed by atoms with E-state index in [1.807, 2.05) is 11.8 Å². The quantitative estimate of drug-likeness (QED) is 0.635. The van der Waals surface area contributed by atoms with Crippen LogP contribution in [0.15, 0.2) is 58.3 Å². The number of benzene rings is 2. The zero-order chi connectivity index (χ0) is 18.6.